The van der Waals surface area contributed by atoms with Crippen LogP contribution >= 0.6 is 23.1 Å². The number of methoxy groups -OCH3 is 1. The van der Waals surface area contributed by atoms with Crippen molar-refractivity contribution in [3.8, 4) is 17.1 Å². The number of thioether (sulfide) groups is 1. The van der Waals surface area contributed by atoms with Gasteiger partial charge in [0.05, 0.1) is 12.9 Å². The summed E-state index contributed by atoms with van der Waals surface area (Å²) in [4.78, 5) is 12.4. The number of nitrogens with zero attached hydrogens (tertiary/aromatic N) is 3. The number of anilines is 1. The van der Waals surface area contributed by atoms with Crippen molar-refractivity contribution in [1.29, 1.82) is 0 Å². The van der Waals surface area contributed by atoms with Gasteiger partial charge in [-0.25, -0.2) is 0 Å². The van der Waals surface area contributed by atoms with E-state index in [-0.39, 0.29) is 11.7 Å². The Bertz CT molecular complexity index is 1200. The van der Waals surface area contributed by atoms with E-state index in [4.69, 9.17) is 4.74 Å². The van der Waals surface area contributed by atoms with E-state index in [1.54, 1.807) is 24.5 Å². The molecule has 0 atom stereocenters. The van der Waals surface area contributed by atoms with Gasteiger partial charge in [0.15, 0.2) is 11.0 Å². The number of benzene rings is 2. The Hall–Kier alpha value is -3.10. The normalized spacial score (nSPS) is 10.8. The summed E-state index contributed by atoms with van der Waals surface area (Å²) in [5.41, 5.74) is 1.73. The number of allylic oxidation sites excluding steroid dienone is 1. The quantitative estimate of drug-likeness (QED) is 0.308. The number of hydrogen-bond acceptors (Lipinski definition) is 6. The Labute approximate surface area is 182 Å². The van der Waals surface area contributed by atoms with E-state index in [2.05, 4.69) is 39.6 Å². The lowest BCUT2D eigenvalue weighted by Gasteiger charge is -2.08. The monoisotopic (exact) mass is 436 g/mol. The van der Waals surface area contributed by atoms with Crippen molar-refractivity contribution in [3.05, 3.63) is 66.6 Å². The molecule has 4 rings (SSSR count). The molecule has 0 saturated heterocycles. The van der Waals surface area contributed by atoms with Crippen molar-refractivity contribution in [2.75, 3.05) is 18.2 Å². The Balaban J connectivity index is 1.52. The molecule has 6 nitrogen and oxygen atoms in total. The van der Waals surface area contributed by atoms with Crippen LogP contribution in [0.1, 0.15) is 0 Å². The molecule has 0 bridgehead atoms. The lowest BCUT2D eigenvalue weighted by molar-refractivity contribution is -0.113. The number of rotatable bonds is 8. The van der Waals surface area contributed by atoms with E-state index in [9.17, 15) is 4.79 Å². The molecule has 2 aromatic heterocycles. The summed E-state index contributed by atoms with van der Waals surface area (Å²) >= 11 is 3.03. The summed E-state index contributed by atoms with van der Waals surface area (Å²) in [6.45, 7) is 4.42. The fraction of sp³-hybridized carbons (Fsp3) is 0.136. The van der Waals surface area contributed by atoms with Crippen molar-refractivity contribution in [2.45, 2.75) is 11.7 Å². The van der Waals surface area contributed by atoms with Crippen LogP contribution in [0.15, 0.2) is 71.7 Å². The lowest BCUT2D eigenvalue weighted by atomic mass is 10.1. The first-order valence-electron chi connectivity index (χ1n) is 9.27. The Kier molecular flexibility index (Phi) is 6.15. The molecule has 0 radical (unpaired) electrons. The van der Waals surface area contributed by atoms with Gasteiger partial charge in [-0.2, -0.15) is 0 Å². The van der Waals surface area contributed by atoms with Gasteiger partial charge in [0.2, 0.25) is 5.91 Å². The SMILES string of the molecule is C=CCn1c(SCC(=O)Nc2cccc(OC)c2)nnc1-c1csc2ccccc12. The highest BCUT2D eigenvalue weighted by Gasteiger charge is 2.17. The molecule has 8 heteroatoms. The fourth-order valence-electron chi connectivity index (χ4n) is 3.07. The van der Waals surface area contributed by atoms with E-state index in [0.29, 0.717) is 23.1 Å². The Morgan fingerprint density at radius 2 is 2.13 bits per heavy atom. The topological polar surface area (TPSA) is 69.0 Å². The van der Waals surface area contributed by atoms with Gasteiger partial charge in [0.25, 0.3) is 0 Å². The van der Waals surface area contributed by atoms with E-state index in [1.165, 1.54) is 16.5 Å². The van der Waals surface area contributed by atoms with Gasteiger partial charge in [-0.1, -0.05) is 42.1 Å². The molecule has 1 amide bonds. The maximum absolute atomic E-state index is 12.4. The van der Waals surface area contributed by atoms with Gasteiger partial charge < -0.3 is 10.1 Å². The Morgan fingerprint density at radius 3 is 2.97 bits per heavy atom. The molecule has 30 heavy (non-hydrogen) atoms. The minimum atomic E-state index is -0.121. The highest BCUT2D eigenvalue weighted by molar-refractivity contribution is 7.99. The van der Waals surface area contributed by atoms with Crippen LogP contribution in [0.5, 0.6) is 5.75 Å². The van der Waals surface area contributed by atoms with Gasteiger partial charge in [0, 0.05) is 39.3 Å². The molecule has 152 valence electrons. The molecule has 0 aliphatic carbocycles. The number of carbonyl (C=O) groups excluding carboxylic acids is 1. The van der Waals surface area contributed by atoms with Crippen molar-refractivity contribution < 1.29 is 9.53 Å². The number of fused-ring (bicyclic) bond motifs is 1. The molecule has 2 aromatic carbocycles. The van der Waals surface area contributed by atoms with E-state index in [1.807, 2.05) is 41.0 Å². The molecule has 0 saturated carbocycles. The summed E-state index contributed by atoms with van der Waals surface area (Å²) in [5.74, 6) is 1.57. The largest absolute Gasteiger partial charge is 0.497 e. The smallest absolute Gasteiger partial charge is 0.234 e. The van der Waals surface area contributed by atoms with Crippen LogP contribution in [-0.4, -0.2) is 33.5 Å². The molecule has 0 unspecified atom stereocenters. The molecule has 0 aliphatic heterocycles. The second-order valence-electron chi connectivity index (χ2n) is 6.42. The average molecular weight is 437 g/mol. The fourth-order valence-corrected chi connectivity index (χ4v) is 4.75. The zero-order valence-corrected chi connectivity index (χ0v) is 18.0. The Morgan fingerprint density at radius 1 is 1.27 bits per heavy atom. The number of amides is 1. The summed E-state index contributed by atoms with van der Waals surface area (Å²) in [6, 6.07) is 15.5. The maximum Gasteiger partial charge on any atom is 0.234 e. The average Bonchev–Trinajstić information content (AvgIpc) is 3.36. The first-order valence-corrected chi connectivity index (χ1v) is 11.1. The first kappa shape index (κ1) is 20.2. The number of ether oxygens (including phenoxy) is 1. The molecular weight excluding hydrogens is 416 g/mol. The third-order valence-corrected chi connectivity index (χ3v) is 6.37. The van der Waals surface area contributed by atoms with Crippen LogP contribution < -0.4 is 10.1 Å². The second kappa shape index (κ2) is 9.15. The molecule has 0 spiro atoms. The molecule has 2 heterocycles. The zero-order valence-electron chi connectivity index (χ0n) is 16.4. The van der Waals surface area contributed by atoms with Crippen molar-refractivity contribution in [1.82, 2.24) is 14.8 Å². The third-order valence-electron chi connectivity index (χ3n) is 4.44. The minimum Gasteiger partial charge on any atom is -0.497 e. The van der Waals surface area contributed by atoms with Crippen LogP contribution in [0.25, 0.3) is 21.5 Å². The van der Waals surface area contributed by atoms with Crippen molar-refractivity contribution >= 4 is 44.8 Å². The maximum atomic E-state index is 12.4. The van der Waals surface area contributed by atoms with Crippen LogP contribution in [0.4, 0.5) is 5.69 Å². The van der Waals surface area contributed by atoms with Gasteiger partial charge in [-0.15, -0.1) is 28.1 Å². The van der Waals surface area contributed by atoms with E-state index < -0.39 is 0 Å². The van der Waals surface area contributed by atoms with Gasteiger partial charge >= 0.3 is 0 Å². The third kappa shape index (κ3) is 4.24. The molecule has 0 fully saturated rings. The van der Waals surface area contributed by atoms with Crippen LogP contribution in [0, 0.1) is 0 Å². The highest BCUT2D eigenvalue weighted by Crippen LogP contribution is 2.34. The lowest BCUT2D eigenvalue weighted by Crippen LogP contribution is -2.14. The van der Waals surface area contributed by atoms with Gasteiger partial charge in [0.1, 0.15) is 5.75 Å². The van der Waals surface area contributed by atoms with E-state index >= 15 is 0 Å². The standard InChI is InChI=1S/C22H20N4O2S2/c1-3-11-26-21(18-13-29-19-10-5-4-9-17(18)19)24-25-22(26)30-14-20(27)23-15-7-6-8-16(12-15)28-2/h3-10,12-13H,1,11,14H2,2H3,(H,23,27). The molecule has 0 aliphatic rings. The van der Waals surface area contributed by atoms with Crippen LogP contribution in [0.2, 0.25) is 0 Å². The van der Waals surface area contributed by atoms with Crippen LogP contribution in [-0.2, 0) is 11.3 Å². The number of carbonyl (C=O) groups is 1. The predicted octanol–water partition coefficient (Wildman–Crippen LogP) is 5.09. The molecule has 4 aromatic rings. The summed E-state index contributed by atoms with van der Waals surface area (Å²) in [5, 5.41) is 15.6. The summed E-state index contributed by atoms with van der Waals surface area (Å²) < 4.78 is 8.38. The molecular formula is C22H20N4O2S2. The summed E-state index contributed by atoms with van der Waals surface area (Å²) in [6.07, 6.45) is 1.81. The predicted molar refractivity (Wildman–Crippen MR) is 123 cm³/mol. The number of nitrogens with one attached hydrogen (secondary N) is 1. The number of hydrogen-bond donors (Lipinski definition) is 1. The van der Waals surface area contributed by atoms with Crippen molar-refractivity contribution in [3.63, 3.8) is 0 Å². The first-order chi connectivity index (χ1) is 14.7. The van der Waals surface area contributed by atoms with Gasteiger partial charge in [-0.3, -0.25) is 9.36 Å². The number of thiophene rings is 1. The molecule has 1 N–H and O–H groups in total. The number of aromatic nitrogens is 3. The minimum absolute atomic E-state index is 0.121. The van der Waals surface area contributed by atoms with Crippen LogP contribution in [0.3, 0.4) is 0 Å². The summed E-state index contributed by atoms with van der Waals surface area (Å²) in [7, 11) is 1.59. The highest BCUT2D eigenvalue weighted by atomic mass is 32.2. The zero-order chi connectivity index (χ0) is 20.9. The van der Waals surface area contributed by atoms with Gasteiger partial charge in [-0.05, 0) is 18.2 Å². The van der Waals surface area contributed by atoms with E-state index in [0.717, 1.165) is 16.8 Å². The van der Waals surface area contributed by atoms with Crippen molar-refractivity contribution in [2.24, 2.45) is 0 Å². The second-order valence-corrected chi connectivity index (χ2v) is 8.27.